The molecule has 0 radical (unpaired) electrons. The zero-order chi connectivity index (χ0) is 17.9. The third-order valence-electron chi connectivity index (χ3n) is 4.24. The highest BCUT2D eigenvalue weighted by Crippen LogP contribution is 2.44. The Kier molecular flexibility index (Phi) is 4.25. The van der Waals surface area contributed by atoms with Crippen LogP contribution in [-0.2, 0) is 33.2 Å². The van der Waals surface area contributed by atoms with Gasteiger partial charge in [0, 0.05) is 0 Å². The van der Waals surface area contributed by atoms with Gasteiger partial charge in [-0.05, 0) is 48.5 Å². The summed E-state index contributed by atoms with van der Waals surface area (Å²) in [4.78, 5) is 12.0. The van der Waals surface area contributed by atoms with Crippen molar-refractivity contribution < 1.29 is 33.2 Å². The zero-order valence-electron chi connectivity index (χ0n) is 15.5. The lowest BCUT2D eigenvalue weighted by Crippen LogP contribution is -2.57. The number of hydrogen-bond donors (Lipinski definition) is 0. The molecular weight excluding hydrogens is 316 g/mol. The van der Waals surface area contributed by atoms with Gasteiger partial charge in [0.05, 0.1) is 5.41 Å². The summed E-state index contributed by atoms with van der Waals surface area (Å²) < 4.78 is 35.0. The number of ether oxygens (including phenoxy) is 6. The van der Waals surface area contributed by atoms with Gasteiger partial charge in [-0.1, -0.05) is 0 Å². The summed E-state index contributed by atoms with van der Waals surface area (Å²) in [5.41, 5.74) is -0.566. The van der Waals surface area contributed by atoms with E-state index in [1.54, 1.807) is 0 Å². The molecule has 0 unspecified atom stereocenters. The van der Waals surface area contributed by atoms with E-state index in [-0.39, 0.29) is 24.8 Å². The highest BCUT2D eigenvalue weighted by Gasteiger charge is 2.61. The van der Waals surface area contributed by atoms with Crippen LogP contribution in [-0.4, -0.2) is 54.9 Å². The lowest BCUT2D eigenvalue weighted by Gasteiger charge is -2.43. The first-order valence-electron chi connectivity index (χ1n) is 8.42. The molecule has 0 aromatic rings. The van der Waals surface area contributed by atoms with E-state index in [0.29, 0.717) is 0 Å². The molecule has 3 aliphatic heterocycles. The minimum atomic E-state index is -0.825. The smallest absolute Gasteiger partial charge is 0.311 e. The van der Waals surface area contributed by atoms with Crippen LogP contribution in [0.25, 0.3) is 0 Å². The Bertz CT molecular complexity index is 508. The van der Waals surface area contributed by atoms with Crippen LogP contribution in [0.4, 0.5) is 0 Å². The summed E-state index contributed by atoms with van der Waals surface area (Å²) in [5, 5.41) is 0. The lowest BCUT2D eigenvalue weighted by atomic mass is 9.97. The van der Waals surface area contributed by atoms with Crippen LogP contribution in [0.5, 0.6) is 0 Å². The summed E-state index contributed by atoms with van der Waals surface area (Å²) in [6.45, 7) is 12.9. The van der Waals surface area contributed by atoms with E-state index in [2.05, 4.69) is 0 Å². The molecule has 0 spiro atoms. The first kappa shape index (κ1) is 18.1. The van der Waals surface area contributed by atoms with E-state index in [1.807, 2.05) is 48.5 Å². The summed E-state index contributed by atoms with van der Waals surface area (Å²) in [5.74, 6) is -1.81. The van der Waals surface area contributed by atoms with Crippen molar-refractivity contribution in [3.8, 4) is 0 Å². The van der Waals surface area contributed by atoms with Crippen LogP contribution < -0.4 is 0 Å². The van der Waals surface area contributed by atoms with Gasteiger partial charge in [-0.25, -0.2) is 0 Å². The van der Waals surface area contributed by atoms with Gasteiger partial charge < -0.3 is 28.4 Å². The molecule has 0 aromatic carbocycles. The van der Waals surface area contributed by atoms with Crippen molar-refractivity contribution in [3.63, 3.8) is 0 Å². The normalized spacial score (nSPS) is 40.0. The Balaban J connectivity index is 1.71. The van der Waals surface area contributed by atoms with Gasteiger partial charge in [0.1, 0.15) is 31.0 Å². The van der Waals surface area contributed by atoms with Crippen LogP contribution in [0.15, 0.2) is 0 Å². The van der Waals surface area contributed by atoms with Crippen LogP contribution in [0, 0.1) is 5.41 Å². The predicted octanol–water partition coefficient (Wildman–Crippen LogP) is 1.97. The first-order chi connectivity index (χ1) is 10.9. The number of fused-ring (bicyclic) bond motifs is 3. The second-order valence-corrected chi connectivity index (χ2v) is 8.56. The van der Waals surface area contributed by atoms with E-state index >= 15 is 0 Å². The predicted molar refractivity (Wildman–Crippen MR) is 82.9 cm³/mol. The zero-order valence-corrected chi connectivity index (χ0v) is 15.5. The molecule has 7 heteroatoms. The number of hydrogen-bond acceptors (Lipinski definition) is 7. The van der Waals surface area contributed by atoms with Crippen LogP contribution >= 0.6 is 0 Å². The molecule has 0 amide bonds. The third kappa shape index (κ3) is 3.46. The van der Waals surface area contributed by atoms with E-state index in [9.17, 15) is 4.79 Å². The van der Waals surface area contributed by atoms with E-state index in [0.717, 1.165) is 0 Å². The van der Waals surface area contributed by atoms with Crippen molar-refractivity contribution in [2.75, 3.05) is 6.61 Å². The molecular formula is C17H28O7. The molecule has 0 saturated carbocycles. The molecule has 7 nitrogen and oxygen atoms in total. The maximum atomic E-state index is 12.0. The number of carbonyl (C=O) groups is 1. The van der Waals surface area contributed by atoms with E-state index in [1.165, 1.54) is 0 Å². The van der Waals surface area contributed by atoms with Gasteiger partial charge in [-0.3, -0.25) is 4.79 Å². The van der Waals surface area contributed by atoms with E-state index < -0.39 is 35.5 Å². The molecule has 0 bridgehead atoms. The van der Waals surface area contributed by atoms with Crippen molar-refractivity contribution in [2.24, 2.45) is 5.41 Å². The molecule has 3 saturated heterocycles. The van der Waals surface area contributed by atoms with Crippen LogP contribution in [0.1, 0.15) is 48.5 Å². The molecule has 24 heavy (non-hydrogen) atoms. The monoisotopic (exact) mass is 344 g/mol. The fourth-order valence-electron chi connectivity index (χ4n) is 3.23. The van der Waals surface area contributed by atoms with Crippen LogP contribution in [0.3, 0.4) is 0 Å². The third-order valence-corrected chi connectivity index (χ3v) is 4.24. The topological polar surface area (TPSA) is 72.5 Å². The summed E-state index contributed by atoms with van der Waals surface area (Å²) in [7, 11) is 0. The largest absolute Gasteiger partial charge is 0.462 e. The Morgan fingerprint density at radius 3 is 2.12 bits per heavy atom. The summed E-state index contributed by atoms with van der Waals surface area (Å²) >= 11 is 0. The van der Waals surface area contributed by atoms with Gasteiger partial charge in [-0.15, -0.1) is 0 Å². The Morgan fingerprint density at radius 2 is 1.50 bits per heavy atom. The van der Waals surface area contributed by atoms with Gasteiger partial charge in [0.25, 0.3) is 0 Å². The summed E-state index contributed by atoms with van der Waals surface area (Å²) in [6.07, 6.45) is -2.01. The number of rotatable bonds is 2. The Hall–Kier alpha value is -0.730. The molecule has 138 valence electrons. The molecule has 3 aliphatic rings. The van der Waals surface area contributed by atoms with Crippen LogP contribution in [0.2, 0.25) is 0 Å². The van der Waals surface area contributed by atoms with Crippen molar-refractivity contribution in [1.29, 1.82) is 0 Å². The molecule has 3 heterocycles. The minimum Gasteiger partial charge on any atom is -0.462 e. The van der Waals surface area contributed by atoms with Gasteiger partial charge in [0.2, 0.25) is 0 Å². The number of esters is 1. The maximum absolute atomic E-state index is 12.0. The molecule has 3 rings (SSSR count). The average Bonchev–Trinajstić information content (AvgIpc) is 2.86. The standard InChI is InChI=1S/C17H28O7/c1-15(2,3)14(18)19-8-9-10-11(22-16(4,5)21-9)12-13(20-10)24-17(6,7)23-12/h9-13H,8H2,1-7H3/t9-,10-,11+,12-,13-/m1/s1. The van der Waals surface area contributed by atoms with Crippen molar-refractivity contribution >= 4 is 5.97 Å². The van der Waals surface area contributed by atoms with Gasteiger partial charge >= 0.3 is 5.97 Å². The first-order valence-corrected chi connectivity index (χ1v) is 8.42. The quantitative estimate of drug-likeness (QED) is 0.709. The minimum absolute atomic E-state index is 0.104. The van der Waals surface area contributed by atoms with Crippen molar-refractivity contribution in [3.05, 3.63) is 0 Å². The van der Waals surface area contributed by atoms with E-state index in [4.69, 9.17) is 28.4 Å². The maximum Gasteiger partial charge on any atom is 0.311 e. The second kappa shape index (κ2) is 5.64. The molecule has 0 aliphatic carbocycles. The molecule has 0 aromatic heterocycles. The van der Waals surface area contributed by atoms with Gasteiger partial charge in [-0.2, -0.15) is 0 Å². The van der Waals surface area contributed by atoms with Crippen molar-refractivity contribution in [2.45, 2.75) is 90.7 Å². The average molecular weight is 344 g/mol. The fourth-order valence-corrected chi connectivity index (χ4v) is 3.23. The molecule has 5 atom stereocenters. The second-order valence-electron chi connectivity index (χ2n) is 8.56. The van der Waals surface area contributed by atoms with Crippen molar-refractivity contribution in [1.82, 2.24) is 0 Å². The Labute approximate surface area is 142 Å². The molecule has 0 N–H and O–H groups in total. The highest BCUT2D eigenvalue weighted by molar-refractivity contribution is 5.75. The SMILES string of the molecule is CC1(C)O[C@H]2O[C@H]3[C@H](OC(C)(C)O[C@@H]3COC(=O)C(C)(C)C)[C@H]2O1. The van der Waals surface area contributed by atoms with Gasteiger partial charge in [0.15, 0.2) is 17.9 Å². The number of carbonyl (C=O) groups excluding carboxylic acids is 1. The fraction of sp³-hybridized carbons (Fsp3) is 0.941. The Morgan fingerprint density at radius 1 is 0.917 bits per heavy atom. The summed E-state index contributed by atoms with van der Waals surface area (Å²) in [6, 6.07) is 0. The molecule has 3 fully saturated rings. The lowest BCUT2D eigenvalue weighted by molar-refractivity contribution is -0.347. The highest BCUT2D eigenvalue weighted by atomic mass is 16.9.